The van der Waals surface area contributed by atoms with Crippen LogP contribution in [0.4, 0.5) is 0 Å². The van der Waals surface area contributed by atoms with Crippen molar-refractivity contribution in [1.82, 2.24) is 0 Å². The molecular weight excluding hydrogens is 264 g/mol. The first kappa shape index (κ1) is 13.5. The van der Waals surface area contributed by atoms with Crippen molar-refractivity contribution in [1.29, 1.82) is 0 Å². The van der Waals surface area contributed by atoms with Gasteiger partial charge < -0.3 is 0 Å². The molecule has 0 bridgehead atoms. The van der Waals surface area contributed by atoms with E-state index in [0.29, 0.717) is 5.54 Å². The molecule has 2 aromatic rings. The third-order valence-electron chi connectivity index (χ3n) is 3.96. The summed E-state index contributed by atoms with van der Waals surface area (Å²) in [4.78, 5) is 0. The maximum Gasteiger partial charge on any atom is 0.0441 e. The summed E-state index contributed by atoms with van der Waals surface area (Å²) >= 11 is 0. The van der Waals surface area contributed by atoms with Crippen LogP contribution in [-0.4, -0.2) is 25.9 Å². The molecule has 0 atom stereocenters. The van der Waals surface area contributed by atoms with Crippen molar-refractivity contribution < 1.29 is 0 Å². The molecule has 0 saturated carbocycles. The van der Waals surface area contributed by atoms with Crippen LogP contribution in [0.15, 0.2) is 60.7 Å². The zero-order valence-electron chi connectivity index (χ0n) is 11.6. The van der Waals surface area contributed by atoms with Gasteiger partial charge in [-0.1, -0.05) is 73.8 Å². The van der Waals surface area contributed by atoms with Crippen molar-refractivity contribution in [3.8, 4) is 0 Å². The average Bonchev–Trinajstić information content (AvgIpc) is 2.41. The van der Waals surface area contributed by atoms with E-state index in [9.17, 15) is 0 Å². The van der Waals surface area contributed by atoms with Crippen LogP contribution < -0.4 is 0 Å². The predicted octanol–water partition coefficient (Wildman–Crippen LogP) is 2.01. The molecule has 0 unspecified atom stereocenters. The lowest BCUT2D eigenvalue weighted by Crippen LogP contribution is -2.43. The number of hydrogen-bond donors (Lipinski definition) is 0. The molecule has 0 heterocycles. The molecule has 0 spiro atoms. The maximum atomic E-state index is 2.59. The quantitative estimate of drug-likeness (QED) is 0.754. The molecule has 0 aliphatic heterocycles. The van der Waals surface area contributed by atoms with E-state index in [1.54, 1.807) is 0 Å². The van der Waals surface area contributed by atoms with Gasteiger partial charge in [0, 0.05) is 21.7 Å². The van der Waals surface area contributed by atoms with Crippen molar-refractivity contribution in [2.75, 3.05) is 0 Å². The highest BCUT2D eigenvalue weighted by Gasteiger charge is 2.32. The number of benzene rings is 2. The van der Waals surface area contributed by atoms with E-state index in [0.717, 1.165) is 0 Å². The van der Waals surface area contributed by atoms with Gasteiger partial charge in [-0.05, 0) is 20.9 Å². The zero-order chi connectivity index (χ0) is 13.0. The van der Waals surface area contributed by atoms with Gasteiger partial charge in [0.15, 0.2) is 0 Å². The summed E-state index contributed by atoms with van der Waals surface area (Å²) in [5.41, 5.74) is 3.76. The topological polar surface area (TPSA) is 0 Å². The predicted molar refractivity (Wildman–Crippen MR) is 90.7 cm³/mol. The van der Waals surface area contributed by atoms with E-state index in [-0.39, 0.29) is 8.55 Å². The Hall–Kier alpha value is -0.909. The van der Waals surface area contributed by atoms with Gasteiger partial charge in [-0.3, -0.25) is 0 Å². The zero-order valence-corrected chi connectivity index (χ0v) is 16.0. The van der Waals surface area contributed by atoms with Gasteiger partial charge in [-0.2, -0.15) is 0 Å². The first-order chi connectivity index (χ1) is 8.65. The van der Waals surface area contributed by atoms with E-state index < -0.39 is 7.59 Å². The van der Waals surface area contributed by atoms with E-state index in [1.165, 1.54) is 20.9 Å². The maximum absolute atomic E-state index is 2.59. The lowest BCUT2D eigenvalue weighted by molar-refractivity contribution is 1.09. The molecule has 0 amide bonds. The second kappa shape index (κ2) is 5.82. The Morgan fingerprint density at radius 3 is 1.56 bits per heavy atom. The average molecular weight is 287 g/mol. The molecule has 2 aromatic carbocycles. The SMILES string of the molecule is C[Si](C)([SiH2][SiH3])C(c1ccccc1)c1ccccc1. The molecule has 18 heavy (non-hydrogen) atoms. The van der Waals surface area contributed by atoms with Crippen molar-refractivity contribution in [2.45, 2.75) is 18.6 Å². The largest absolute Gasteiger partial charge is 0.0712 e. The normalized spacial score (nSPS) is 12.6. The van der Waals surface area contributed by atoms with Crippen LogP contribution in [-0.2, 0) is 0 Å². The van der Waals surface area contributed by atoms with Crippen molar-refractivity contribution in [3.63, 3.8) is 0 Å². The van der Waals surface area contributed by atoms with E-state index >= 15 is 0 Å². The van der Waals surface area contributed by atoms with Crippen molar-refractivity contribution in [3.05, 3.63) is 71.8 Å². The van der Waals surface area contributed by atoms with Crippen molar-refractivity contribution >= 4 is 25.9 Å². The molecule has 0 saturated heterocycles. The van der Waals surface area contributed by atoms with E-state index in [2.05, 4.69) is 73.8 Å². The van der Waals surface area contributed by atoms with Gasteiger partial charge in [0.2, 0.25) is 0 Å². The minimum Gasteiger partial charge on any atom is -0.0712 e. The minimum atomic E-state index is -1.09. The standard InChI is InChI=1S/C15H22Si3/c1-18(2,17-16)15(13-9-5-3-6-10-13)14-11-7-4-8-12-14/h3-12,15H,17H2,1-2,16H3. The Labute approximate surface area is 116 Å². The van der Waals surface area contributed by atoms with E-state index in [1.807, 2.05) is 0 Å². The summed E-state index contributed by atoms with van der Waals surface area (Å²) in [6.07, 6.45) is 0. The first-order valence-corrected chi connectivity index (χ1v) is 17.8. The molecule has 2 rings (SSSR count). The van der Waals surface area contributed by atoms with Crippen LogP contribution in [0.25, 0.3) is 0 Å². The van der Waals surface area contributed by atoms with Crippen LogP contribution >= 0.6 is 0 Å². The van der Waals surface area contributed by atoms with Crippen molar-refractivity contribution in [2.24, 2.45) is 0 Å². The third-order valence-corrected chi connectivity index (χ3v) is 31.1. The highest BCUT2D eigenvalue weighted by molar-refractivity contribution is 7.39. The molecule has 3 heteroatoms. The summed E-state index contributed by atoms with van der Waals surface area (Å²) in [5.74, 6) is 0. The van der Waals surface area contributed by atoms with Gasteiger partial charge in [-0.15, -0.1) is 0 Å². The second-order valence-corrected chi connectivity index (χ2v) is 24.8. The lowest BCUT2D eigenvalue weighted by atomic mass is 10.0. The number of hydrogen-bond acceptors (Lipinski definition) is 0. The lowest BCUT2D eigenvalue weighted by Gasteiger charge is -2.32. The second-order valence-electron chi connectivity index (χ2n) is 5.60. The van der Waals surface area contributed by atoms with Crippen LogP contribution in [0.2, 0.25) is 13.1 Å². The minimum absolute atomic E-state index is 0.185. The van der Waals surface area contributed by atoms with Crippen LogP contribution in [0.5, 0.6) is 0 Å². The summed E-state index contributed by atoms with van der Waals surface area (Å²) in [7, 11) is 0.545. The summed E-state index contributed by atoms with van der Waals surface area (Å²) < 4.78 is 0. The number of rotatable bonds is 4. The molecule has 94 valence electrons. The molecule has 0 aliphatic carbocycles. The fourth-order valence-corrected chi connectivity index (χ4v) is 11.5. The van der Waals surface area contributed by atoms with Crippen LogP contribution in [0, 0.1) is 0 Å². The monoisotopic (exact) mass is 286 g/mol. The Kier molecular flexibility index (Phi) is 4.37. The summed E-state index contributed by atoms with van der Waals surface area (Å²) in [6, 6.07) is 22.3. The van der Waals surface area contributed by atoms with Gasteiger partial charge in [0.1, 0.15) is 0 Å². The molecule has 0 N–H and O–H groups in total. The Balaban J connectivity index is 2.49. The smallest absolute Gasteiger partial charge is 0.0441 e. The van der Waals surface area contributed by atoms with Gasteiger partial charge in [0.05, 0.1) is 0 Å². The van der Waals surface area contributed by atoms with E-state index in [4.69, 9.17) is 0 Å². The molecule has 0 aliphatic rings. The van der Waals surface area contributed by atoms with Crippen LogP contribution in [0.1, 0.15) is 16.7 Å². The fraction of sp³-hybridized carbons (Fsp3) is 0.200. The van der Waals surface area contributed by atoms with Gasteiger partial charge >= 0.3 is 0 Å². The summed E-state index contributed by atoms with van der Waals surface area (Å²) in [6.45, 7) is 5.19. The Morgan fingerprint density at radius 2 is 1.22 bits per heavy atom. The molecule has 0 radical (unpaired) electrons. The van der Waals surface area contributed by atoms with Gasteiger partial charge in [-0.25, -0.2) is 0 Å². The fourth-order valence-electron chi connectivity index (χ4n) is 2.59. The van der Waals surface area contributed by atoms with Crippen LogP contribution in [0.3, 0.4) is 0 Å². The third kappa shape index (κ3) is 2.91. The summed E-state index contributed by atoms with van der Waals surface area (Å²) in [5, 5.41) is 0. The molecule has 0 nitrogen and oxygen atoms in total. The highest BCUT2D eigenvalue weighted by Crippen LogP contribution is 2.32. The Bertz CT molecular complexity index is 440. The molecule has 0 aromatic heterocycles. The molecular formula is C15H22Si3. The van der Waals surface area contributed by atoms with Gasteiger partial charge in [0.25, 0.3) is 0 Å². The molecule has 0 fully saturated rings. The highest BCUT2D eigenvalue weighted by atomic mass is 29.5. The first-order valence-electron chi connectivity index (χ1n) is 6.75. The Morgan fingerprint density at radius 1 is 0.833 bits per heavy atom.